The van der Waals surface area contributed by atoms with Gasteiger partial charge >= 0.3 is 0 Å². The molecule has 29 heavy (non-hydrogen) atoms. The summed E-state index contributed by atoms with van der Waals surface area (Å²) in [5.74, 6) is 1.78. The predicted octanol–water partition coefficient (Wildman–Crippen LogP) is 3.50. The highest BCUT2D eigenvalue weighted by Crippen LogP contribution is 2.30. The van der Waals surface area contributed by atoms with E-state index in [9.17, 15) is 9.59 Å². The maximum Gasteiger partial charge on any atom is 0.256 e. The van der Waals surface area contributed by atoms with E-state index >= 15 is 0 Å². The van der Waals surface area contributed by atoms with Crippen LogP contribution < -0.4 is 10.1 Å². The summed E-state index contributed by atoms with van der Waals surface area (Å²) < 4.78 is 7.03. The van der Waals surface area contributed by atoms with Crippen LogP contribution in [0.3, 0.4) is 0 Å². The van der Waals surface area contributed by atoms with Crippen molar-refractivity contribution < 1.29 is 14.3 Å². The van der Waals surface area contributed by atoms with Crippen molar-refractivity contribution in [2.45, 2.75) is 44.6 Å². The number of piperidine rings is 1. The summed E-state index contributed by atoms with van der Waals surface area (Å²) in [5, 5.41) is 7.40. The number of nitrogens with zero attached hydrogens (tertiary/aromatic N) is 3. The van der Waals surface area contributed by atoms with Gasteiger partial charge in [-0.3, -0.25) is 9.59 Å². The number of carbonyl (C=O) groups excluding carboxylic acids is 2. The minimum absolute atomic E-state index is 0.178. The number of hydrogen-bond acceptors (Lipinski definition) is 4. The summed E-state index contributed by atoms with van der Waals surface area (Å²) in [7, 11) is 1.60. The lowest BCUT2D eigenvalue weighted by Crippen LogP contribution is -2.42. The molecule has 2 aromatic rings. The van der Waals surface area contributed by atoms with Gasteiger partial charge in [0, 0.05) is 30.6 Å². The molecule has 7 nitrogen and oxygen atoms in total. The van der Waals surface area contributed by atoms with Gasteiger partial charge in [0.1, 0.15) is 11.6 Å². The number of ether oxygens (including phenoxy) is 1. The first-order valence-electron chi connectivity index (χ1n) is 10.4. The van der Waals surface area contributed by atoms with E-state index in [1.807, 2.05) is 15.6 Å². The number of methoxy groups -OCH3 is 1. The van der Waals surface area contributed by atoms with Gasteiger partial charge in [-0.15, -0.1) is 0 Å². The Bertz CT molecular complexity index is 847. The lowest BCUT2D eigenvalue weighted by atomic mass is 10.0. The molecule has 2 fully saturated rings. The number of anilines is 1. The van der Waals surface area contributed by atoms with Gasteiger partial charge < -0.3 is 15.0 Å². The van der Waals surface area contributed by atoms with Crippen LogP contribution in [0.4, 0.5) is 5.82 Å². The minimum Gasteiger partial charge on any atom is -0.497 e. The second-order valence-electron chi connectivity index (χ2n) is 7.88. The number of carbonyl (C=O) groups is 2. The van der Waals surface area contributed by atoms with E-state index in [4.69, 9.17) is 4.74 Å². The van der Waals surface area contributed by atoms with Crippen LogP contribution in [0.25, 0.3) is 0 Å². The second kappa shape index (κ2) is 8.68. The normalized spacial score (nSPS) is 18.0. The Morgan fingerprint density at radius 1 is 1.03 bits per heavy atom. The van der Waals surface area contributed by atoms with Gasteiger partial charge in [0.05, 0.1) is 19.3 Å². The molecule has 7 heteroatoms. The van der Waals surface area contributed by atoms with E-state index < -0.39 is 0 Å². The molecule has 2 heterocycles. The summed E-state index contributed by atoms with van der Waals surface area (Å²) in [6.45, 7) is 1.51. The van der Waals surface area contributed by atoms with Crippen LogP contribution in [0.15, 0.2) is 36.5 Å². The molecule has 1 aromatic carbocycles. The molecule has 154 valence electrons. The van der Waals surface area contributed by atoms with Gasteiger partial charge in [-0.1, -0.05) is 12.8 Å². The van der Waals surface area contributed by atoms with Crippen molar-refractivity contribution >= 4 is 17.6 Å². The van der Waals surface area contributed by atoms with Crippen molar-refractivity contribution in [2.24, 2.45) is 5.92 Å². The van der Waals surface area contributed by atoms with Crippen LogP contribution in [-0.2, 0) is 4.79 Å². The van der Waals surface area contributed by atoms with Gasteiger partial charge in [-0.05, 0) is 49.9 Å². The SMILES string of the molecule is COc1ccc(C(=O)Nc2ccnn2C2CCN(C(=O)C3CCCC3)CC2)cc1. The third-order valence-corrected chi connectivity index (χ3v) is 6.09. The van der Waals surface area contributed by atoms with Gasteiger partial charge in [-0.25, -0.2) is 4.68 Å². The zero-order chi connectivity index (χ0) is 20.2. The van der Waals surface area contributed by atoms with Crippen molar-refractivity contribution in [2.75, 3.05) is 25.5 Å². The number of nitrogens with one attached hydrogen (secondary N) is 1. The molecule has 0 spiro atoms. The van der Waals surface area contributed by atoms with Crippen LogP contribution in [-0.4, -0.2) is 46.7 Å². The molecule has 1 aromatic heterocycles. The molecular weight excluding hydrogens is 368 g/mol. The Morgan fingerprint density at radius 3 is 2.38 bits per heavy atom. The molecule has 0 bridgehead atoms. The Balaban J connectivity index is 1.36. The number of aromatic nitrogens is 2. The molecule has 1 aliphatic heterocycles. The highest BCUT2D eigenvalue weighted by Gasteiger charge is 2.31. The number of benzene rings is 1. The average molecular weight is 396 g/mol. The minimum atomic E-state index is -0.178. The third-order valence-electron chi connectivity index (χ3n) is 6.09. The maximum absolute atomic E-state index is 12.6. The summed E-state index contributed by atoms with van der Waals surface area (Å²) >= 11 is 0. The fraction of sp³-hybridized carbons (Fsp3) is 0.500. The zero-order valence-electron chi connectivity index (χ0n) is 16.8. The second-order valence-corrected chi connectivity index (χ2v) is 7.88. The van der Waals surface area contributed by atoms with Gasteiger partial charge in [0.2, 0.25) is 5.91 Å². The summed E-state index contributed by atoms with van der Waals surface area (Å²) in [6.07, 6.45) is 7.85. The van der Waals surface area contributed by atoms with Crippen LogP contribution in [0.5, 0.6) is 5.75 Å². The topological polar surface area (TPSA) is 76.5 Å². The molecule has 4 rings (SSSR count). The molecule has 2 aliphatic rings. The lowest BCUT2D eigenvalue weighted by Gasteiger charge is -2.34. The molecular formula is C22H28N4O3. The quantitative estimate of drug-likeness (QED) is 0.839. The van der Waals surface area contributed by atoms with Crippen molar-refractivity contribution in [3.05, 3.63) is 42.1 Å². The van der Waals surface area contributed by atoms with Crippen LogP contribution >= 0.6 is 0 Å². The monoisotopic (exact) mass is 396 g/mol. The molecule has 0 radical (unpaired) electrons. The van der Waals surface area contributed by atoms with E-state index in [1.165, 1.54) is 12.8 Å². The van der Waals surface area contributed by atoms with Crippen LogP contribution in [0, 0.1) is 5.92 Å². The zero-order valence-corrected chi connectivity index (χ0v) is 16.8. The van der Waals surface area contributed by atoms with E-state index in [0.717, 1.165) is 38.8 Å². The average Bonchev–Trinajstić information content (AvgIpc) is 3.46. The van der Waals surface area contributed by atoms with Gasteiger partial charge in [-0.2, -0.15) is 5.10 Å². The Hall–Kier alpha value is -2.83. The van der Waals surface area contributed by atoms with Crippen molar-refractivity contribution in [3.8, 4) is 5.75 Å². The molecule has 1 aliphatic carbocycles. The first-order chi connectivity index (χ1) is 14.2. The largest absolute Gasteiger partial charge is 0.497 e. The molecule has 2 amide bonds. The molecule has 1 saturated heterocycles. The molecule has 0 unspecified atom stereocenters. The molecule has 0 atom stereocenters. The predicted molar refractivity (Wildman–Crippen MR) is 110 cm³/mol. The number of likely N-dealkylation sites (tertiary alicyclic amines) is 1. The number of amides is 2. The lowest BCUT2D eigenvalue weighted by molar-refractivity contribution is -0.136. The number of rotatable bonds is 5. The van der Waals surface area contributed by atoms with Crippen LogP contribution in [0.2, 0.25) is 0 Å². The van der Waals surface area contributed by atoms with Gasteiger partial charge in [0.15, 0.2) is 0 Å². The smallest absolute Gasteiger partial charge is 0.256 e. The summed E-state index contributed by atoms with van der Waals surface area (Å²) in [4.78, 5) is 27.3. The van der Waals surface area contributed by atoms with Crippen molar-refractivity contribution in [1.82, 2.24) is 14.7 Å². The van der Waals surface area contributed by atoms with E-state index in [2.05, 4.69) is 10.4 Å². The van der Waals surface area contributed by atoms with E-state index in [-0.39, 0.29) is 17.9 Å². The van der Waals surface area contributed by atoms with Crippen LogP contribution in [0.1, 0.15) is 54.9 Å². The van der Waals surface area contributed by atoms with E-state index in [1.54, 1.807) is 37.6 Å². The summed E-state index contributed by atoms with van der Waals surface area (Å²) in [5.41, 5.74) is 0.565. The first kappa shape index (κ1) is 19.5. The molecule has 1 saturated carbocycles. The Kier molecular flexibility index (Phi) is 5.83. The Morgan fingerprint density at radius 2 is 1.72 bits per heavy atom. The first-order valence-corrected chi connectivity index (χ1v) is 10.4. The fourth-order valence-electron chi connectivity index (χ4n) is 4.40. The Labute approximate surface area is 171 Å². The highest BCUT2D eigenvalue weighted by atomic mass is 16.5. The van der Waals surface area contributed by atoms with Gasteiger partial charge in [0.25, 0.3) is 5.91 Å². The maximum atomic E-state index is 12.6. The van der Waals surface area contributed by atoms with Crippen molar-refractivity contribution in [1.29, 1.82) is 0 Å². The number of hydrogen-bond donors (Lipinski definition) is 1. The summed E-state index contributed by atoms with van der Waals surface area (Å²) in [6, 6.07) is 9.01. The molecule has 1 N–H and O–H groups in total. The fourth-order valence-corrected chi connectivity index (χ4v) is 4.40. The standard InChI is InChI=1S/C22H28N4O3/c1-29-19-8-6-16(7-9-19)21(27)24-20-10-13-23-26(20)18-11-14-25(15-12-18)22(28)17-4-2-3-5-17/h6-10,13,17-18H,2-5,11-12,14-15H2,1H3,(H,24,27). The highest BCUT2D eigenvalue weighted by molar-refractivity contribution is 6.03. The van der Waals surface area contributed by atoms with Crippen molar-refractivity contribution in [3.63, 3.8) is 0 Å². The van der Waals surface area contributed by atoms with E-state index in [0.29, 0.717) is 23.0 Å². The third kappa shape index (κ3) is 4.28.